The number of aromatic nitrogens is 1. The van der Waals surface area contributed by atoms with Crippen molar-refractivity contribution in [3.63, 3.8) is 0 Å². The third-order valence-corrected chi connectivity index (χ3v) is 4.61. The van der Waals surface area contributed by atoms with Crippen molar-refractivity contribution >= 4 is 23.2 Å². The Balaban J connectivity index is 1.83. The van der Waals surface area contributed by atoms with Crippen LogP contribution in [0.5, 0.6) is 0 Å². The molecule has 1 aromatic heterocycles. The quantitative estimate of drug-likeness (QED) is 0.887. The average molecular weight is 279 g/mol. The second-order valence-corrected chi connectivity index (χ2v) is 6.01. The van der Waals surface area contributed by atoms with Gasteiger partial charge in [0.15, 0.2) is 0 Å². The number of carbonyl (C=O) groups excluding carboxylic acids is 2. The van der Waals surface area contributed by atoms with Crippen LogP contribution in [0.25, 0.3) is 0 Å². The Kier molecular flexibility index (Phi) is 3.26. The largest absolute Gasteiger partial charge is 0.342 e. The average Bonchev–Trinajstić information content (AvgIpc) is 3.03. The molecule has 2 aliphatic rings. The third kappa shape index (κ3) is 2.36. The van der Waals surface area contributed by atoms with Crippen molar-refractivity contribution in [3.8, 4) is 0 Å². The van der Waals surface area contributed by atoms with Crippen LogP contribution in [0.2, 0.25) is 0 Å². The molecule has 1 aliphatic carbocycles. The molecule has 1 spiro atoms. The maximum Gasteiger partial charge on any atom is 0.248 e. The van der Waals surface area contributed by atoms with Crippen molar-refractivity contribution < 1.29 is 9.59 Å². The number of rotatable bonds is 2. The van der Waals surface area contributed by atoms with Gasteiger partial charge in [0.2, 0.25) is 11.8 Å². The van der Waals surface area contributed by atoms with Crippen LogP contribution in [0, 0.1) is 0 Å². The summed E-state index contributed by atoms with van der Waals surface area (Å²) in [6.07, 6.45) is 3.95. The molecule has 1 saturated heterocycles. The first-order chi connectivity index (χ1) is 9.20. The highest BCUT2D eigenvalue weighted by Crippen LogP contribution is 2.33. The summed E-state index contributed by atoms with van der Waals surface area (Å²) in [4.78, 5) is 30.6. The van der Waals surface area contributed by atoms with Crippen LogP contribution in [0.15, 0.2) is 10.9 Å². The molecule has 1 saturated carbocycles. The number of nitrogens with one attached hydrogen (secondary N) is 1. The van der Waals surface area contributed by atoms with Crippen molar-refractivity contribution in [3.05, 3.63) is 16.6 Å². The minimum Gasteiger partial charge on any atom is -0.342 e. The Morgan fingerprint density at radius 3 is 2.84 bits per heavy atom. The maximum absolute atomic E-state index is 12.7. The van der Waals surface area contributed by atoms with E-state index in [1.165, 1.54) is 11.3 Å². The van der Waals surface area contributed by atoms with Gasteiger partial charge in [-0.15, -0.1) is 11.3 Å². The molecule has 2 heterocycles. The van der Waals surface area contributed by atoms with Crippen LogP contribution in [0.4, 0.5) is 0 Å². The molecular formula is C13H17N3O2S. The van der Waals surface area contributed by atoms with E-state index in [2.05, 4.69) is 10.3 Å². The molecule has 2 fully saturated rings. The first kappa shape index (κ1) is 12.6. The van der Waals surface area contributed by atoms with E-state index in [4.69, 9.17) is 0 Å². The SMILES string of the molecule is O=C1CCN(Cc2cscn2)C(=O)C2(CCCC2)N1. The molecule has 6 heteroatoms. The van der Waals surface area contributed by atoms with Gasteiger partial charge in [0.25, 0.3) is 0 Å². The van der Waals surface area contributed by atoms with Gasteiger partial charge in [0.05, 0.1) is 17.7 Å². The molecule has 0 bridgehead atoms. The minimum absolute atomic E-state index is 0.00368. The van der Waals surface area contributed by atoms with E-state index < -0.39 is 5.54 Å². The Labute approximate surface area is 116 Å². The zero-order valence-electron chi connectivity index (χ0n) is 10.7. The summed E-state index contributed by atoms with van der Waals surface area (Å²) in [7, 11) is 0. The van der Waals surface area contributed by atoms with Crippen LogP contribution in [0.3, 0.4) is 0 Å². The number of carbonyl (C=O) groups is 2. The van der Waals surface area contributed by atoms with E-state index in [0.717, 1.165) is 31.4 Å². The summed E-state index contributed by atoms with van der Waals surface area (Å²) in [5, 5.41) is 4.92. The maximum atomic E-state index is 12.7. The van der Waals surface area contributed by atoms with Crippen LogP contribution < -0.4 is 5.32 Å². The van der Waals surface area contributed by atoms with E-state index in [0.29, 0.717) is 19.5 Å². The zero-order valence-corrected chi connectivity index (χ0v) is 11.5. The molecule has 19 heavy (non-hydrogen) atoms. The van der Waals surface area contributed by atoms with Gasteiger partial charge in [-0.1, -0.05) is 12.8 Å². The highest BCUT2D eigenvalue weighted by atomic mass is 32.1. The fourth-order valence-electron chi connectivity index (χ4n) is 3.00. The molecule has 1 N–H and O–H groups in total. The zero-order chi connectivity index (χ0) is 13.3. The van der Waals surface area contributed by atoms with Gasteiger partial charge in [0.1, 0.15) is 5.54 Å². The summed E-state index contributed by atoms with van der Waals surface area (Å²) in [5.41, 5.74) is 2.04. The topological polar surface area (TPSA) is 62.3 Å². The number of thiazole rings is 1. The van der Waals surface area contributed by atoms with E-state index >= 15 is 0 Å². The Bertz CT molecular complexity index is 480. The smallest absolute Gasteiger partial charge is 0.248 e. The molecule has 102 valence electrons. The van der Waals surface area contributed by atoms with Crippen molar-refractivity contribution in [2.75, 3.05) is 6.54 Å². The van der Waals surface area contributed by atoms with Crippen LogP contribution in [0.1, 0.15) is 37.8 Å². The summed E-state index contributed by atoms with van der Waals surface area (Å²) >= 11 is 1.53. The minimum atomic E-state index is -0.635. The molecule has 5 nitrogen and oxygen atoms in total. The van der Waals surface area contributed by atoms with Crippen molar-refractivity contribution in [1.82, 2.24) is 15.2 Å². The summed E-state index contributed by atoms with van der Waals surface area (Å²) in [6, 6.07) is 0. The number of amides is 2. The molecule has 3 rings (SSSR count). The van der Waals surface area contributed by atoms with Crippen molar-refractivity contribution in [1.29, 1.82) is 0 Å². The number of nitrogens with zero attached hydrogens (tertiary/aromatic N) is 2. The lowest BCUT2D eigenvalue weighted by atomic mass is 9.96. The first-order valence-electron chi connectivity index (χ1n) is 6.67. The van der Waals surface area contributed by atoms with Gasteiger partial charge in [-0.3, -0.25) is 9.59 Å². The van der Waals surface area contributed by atoms with Gasteiger partial charge in [-0.05, 0) is 12.8 Å². The predicted octanol–water partition coefficient (Wildman–Crippen LogP) is 1.30. The lowest BCUT2D eigenvalue weighted by molar-refractivity contribution is -0.139. The second kappa shape index (κ2) is 4.92. The standard InChI is InChI=1S/C13H17N3O2S/c17-11-3-6-16(7-10-8-19-9-14-10)12(18)13(15-11)4-1-2-5-13/h8-9H,1-7H2,(H,15,17). The number of hydrogen-bond acceptors (Lipinski definition) is 4. The van der Waals surface area contributed by atoms with E-state index in [-0.39, 0.29) is 11.8 Å². The third-order valence-electron chi connectivity index (χ3n) is 3.98. The molecule has 0 atom stereocenters. The van der Waals surface area contributed by atoms with Gasteiger partial charge in [-0.2, -0.15) is 0 Å². The monoisotopic (exact) mass is 279 g/mol. The van der Waals surface area contributed by atoms with E-state index in [9.17, 15) is 9.59 Å². The van der Waals surface area contributed by atoms with Crippen LogP contribution in [-0.2, 0) is 16.1 Å². The number of hydrogen-bond donors (Lipinski definition) is 1. The van der Waals surface area contributed by atoms with Crippen molar-refractivity contribution in [2.45, 2.75) is 44.2 Å². The van der Waals surface area contributed by atoms with E-state index in [1.54, 1.807) is 10.4 Å². The Morgan fingerprint density at radius 2 is 2.16 bits per heavy atom. The first-order valence-corrected chi connectivity index (χ1v) is 7.61. The van der Waals surface area contributed by atoms with Gasteiger partial charge >= 0.3 is 0 Å². The molecule has 0 unspecified atom stereocenters. The summed E-state index contributed by atoms with van der Waals surface area (Å²) in [6.45, 7) is 1.00. The van der Waals surface area contributed by atoms with Gasteiger partial charge < -0.3 is 10.2 Å². The van der Waals surface area contributed by atoms with E-state index in [1.807, 2.05) is 5.38 Å². The van der Waals surface area contributed by atoms with Crippen LogP contribution >= 0.6 is 11.3 Å². The molecule has 0 aromatic carbocycles. The molecule has 0 radical (unpaired) electrons. The van der Waals surface area contributed by atoms with Gasteiger partial charge in [0, 0.05) is 18.3 Å². The molecule has 1 aliphatic heterocycles. The highest BCUT2D eigenvalue weighted by molar-refractivity contribution is 7.07. The molecule has 2 amide bonds. The normalized spacial score (nSPS) is 22.6. The Morgan fingerprint density at radius 1 is 1.37 bits per heavy atom. The fraction of sp³-hybridized carbons (Fsp3) is 0.615. The molecule has 1 aromatic rings. The molecular weight excluding hydrogens is 262 g/mol. The fourth-order valence-corrected chi connectivity index (χ4v) is 3.55. The van der Waals surface area contributed by atoms with Crippen molar-refractivity contribution in [2.24, 2.45) is 0 Å². The van der Waals surface area contributed by atoms with Gasteiger partial charge in [-0.25, -0.2) is 4.98 Å². The summed E-state index contributed by atoms with van der Waals surface area (Å²) < 4.78 is 0. The van der Waals surface area contributed by atoms with Crippen LogP contribution in [-0.4, -0.2) is 33.8 Å². The lowest BCUT2D eigenvalue weighted by Gasteiger charge is -2.31. The second-order valence-electron chi connectivity index (χ2n) is 5.29. The predicted molar refractivity (Wildman–Crippen MR) is 71.5 cm³/mol. The Hall–Kier alpha value is -1.43. The lowest BCUT2D eigenvalue weighted by Crippen LogP contribution is -2.55. The summed E-state index contributed by atoms with van der Waals surface area (Å²) in [5.74, 6) is 0.0693. The highest BCUT2D eigenvalue weighted by Gasteiger charge is 2.46.